The summed E-state index contributed by atoms with van der Waals surface area (Å²) in [6, 6.07) is 9.73. The summed E-state index contributed by atoms with van der Waals surface area (Å²) in [6.45, 7) is 11.3. The second-order valence-corrected chi connectivity index (χ2v) is 11.3. The topological polar surface area (TPSA) is 95.9 Å². The second kappa shape index (κ2) is 9.98. The summed E-state index contributed by atoms with van der Waals surface area (Å²) in [5, 5.41) is 25.8. The lowest BCUT2D eigenvalue weighted by Gasteiger charge is -2.52. The van der Waals surface area contributed by atoms with Crippen molar-refractivity contribution in [2.45, 2.75) is 70.8 Å². The number of allylic oxidation sites excluding steroid dienone is 1. The predicted octanol–water partition coefficient (Wildman–Crippen LogP) is 3.74. The molecule has 3 unspecified atom stereocenters. The van der Waals surface area contributed by atoms with Crippen molar-refractivity contribution < 1.29 is 24.5 Å². The number of ether oxygens (including phenoxy) is 1. The summed E-state index contributed by atoms with van der Waals surface area (Å²) in [5.41, 5.74) is -0.635. The average Bonchev–Trinajstić information content (AvgIpc) is 3.08. The van der Waals surface area contributed by atoms with Crippen LogP contribution < -0.4 is 5.32 Å². The molecule has 1 aromatic rings. The number of amides is 1. The van der Waals surface area contributed by atoms with E-state index in [1.807, 2.05) is 49.4 Å². The SMILES string of the molecule is C=C1C(C)C2[C@H](Cc3ccccc3)NC(=O)[C@@]23C(/C=C/C[C@H](C)C[C@@](C)(O)C=C[C@H]3OC(C)=O)[C@@H]1O. The van der Waals surface area contributed by atoms with E-state index in [0.717, 1.165) is 5.56 Å². The Kier molecular flexibility index (Phi) is 7.31. The molecule has 0 radical (unpaired) electrons. The monoisotopic (exact) mass is 493 g/mol. The zero-order chi connectivity index (χ0) is 26.3. The first-order valence-corrected chi connectivity index (χ1v) is 12.9. The van der Waals surface area contributed by atoms with Gasteiger partial charge in [-0.2, -0.15) is 0 Å². The highest BCUT2D eigenvalue weighted by molar-refractivity contribution is 5.89. The molecule has 1 heterocycles. The molecule has 3 N–H and O–H groups in total. The number of carbonyl (C=O) groups excluding carboxylic acids is 2. The number of rotatable bonds is 3. The van der Waals surface area contributed by atoms with E-state index in [1.165, 1.54) is 6.92 Å². The Morgan fingerprint density at radius 3 is 2.58 bits per heavy atom. The Hall–Kier alpha value is -2.70. The maximum absolute atomic E-state index is 14.2. The molecule has 3 aliphatic rings. The zero-order valence-corrected chi connectivity index (χ0v) is 21.7. The fraction of sp³-hybridized carbons (Fsp3) is 0.533. The number of esters is 1. The van der Waals surface area contributed by atoms with Gasteiger partial charge in [-0.1, -0.05) is 69.0 Å². The van der Waals surface area contributed by atoms with E-state index >= 15 is 0 Å². The lowest BCUT2D eigenvalue weighted by molar-refractivity contribution is -0.166. The molecule has 6 nitrogen and oxygen atoms in total. The highest BCUT2D eigenvalue weighted by atomic mass is 16.5. The van der Waals surface area contributed by atoms with Crippen LogP contribution in [0.4, 0.5) is 0 Å². The molecule has 6 heteroatoms. The largest absolute Gasteiger partial charge is 0.457 e. The number of benzene rings is 1. The molecule has 1 aromatic carbocycles. The van der Waals surface area contributed by atoms with Crippen LogP contribution >= 0.6 is 0 Å². The van der Waals surface area contributed by atoms with Crippen molar-refractivity contribution >= 4 is 11.9 Å². The molecule has 4 rings (SSSR count). The van der Waals surface area contributed by atoms with Gasteiger partial charge in [-0.15, -0.1) is 0 Å². The maximum Gasteiger partial charge on any atom is 0.303 e. The Morgan fingerprint density at radius 2 is 1.92 bits per heavy atom. The molecule has 0 aromatic heterocycles. The van der Waals surface area contributed by atoms with Gasteiger partial charge in [0.15, 0.2) is 0 Å². The van der Waals surface area contributed by atoms with Crippen LogP contribution in [0, 0.1) is 29.1 Å². The molecule has 1 aliphatic heterocycles. The van der Waals surface area contributed by atoms with E-state index in [-0.39, 0.29) is 29.7 Å². The van der Waals surface area contributed by atoms with E-state index in [2.05, 4.69) is 18.8 Å². The summed E-state index contributed by atoms with van der Waals surface area (Å²) in [4.78, 5) is 26.5. The van der Waals surface area contributed by atoms with Crippen LogP contribution in [-0.4, -0.2) is 45.9 Å². The van der Waals surface area contributed by atoms with Gasteiger partial charge in [0.2, 0.25) is 5.91 Å². The van der Waals surface area contributed by atoms with Crippen molar-refractivity contribution in [3.63, 3.8) is 0 Å². The average molecular weight is 494 g/mol. The third-order valence-electron chi connectivity index (χ3n) is 8.43. The molecule has 2 aliphatic carbocycles. The molecule has 1 amide bonds. The zero-order valence-electron chi connectivity index (χ0n) is 21.7. The molecule has 36 heavy (non-hydrogen) atoms. The van der Waals surface area contributed by atoms with Gasteiger partial charge in [-0.3, -0.25) is 9.59 Å². The third kappa shape index (κ3) is 4.69. The van der Waals surface area contributed by atoms with Gasteiger partial charge >= 0.3 is 5.97 Å². The molecule has 0 bridgehead atoms. The number of aliphatic hydroxyl groups excluding tert-OH is 1. The van der Waals surface area contributed by atoms with Crippen LogP contribution in [0.1, 0.15) is 46.1 Å². The van der Waals surface area contributed by atoms with Crippen LogP contribution in [0.5, 0.6) is 0 Å². The molecule has 1 saturated heterocycles. The van der Waals surface area contributed by atoms with Crippen LogP contribution in [0.25, 0.3) is 0 Å². The Labute approximate surface area is 214 Å². The molecule has 9 atom stereocenters. The summed E-state index contributed by atoms with van der Waals surface area (Å²) in [5.74, 6) is -1.75. The lowest BCUT2D eigenvalue weighted by Crippen LogP contribution is -2.60. The number of hydrogen-bond donors (Lipinski definition) is 3. The second-order valence-electron chi connectivity index (χ2n) is 11.3. The number of carbonyl (C=O) groups is 2. The highest BCUT2D eigenvalue weighted by Gasteiger charge is 2.68. The van der Waals surface area contributed by atoms with E-state index in [0.29, 0.717) is 24.8 Å². The number of nitrogens with one attached hydrogen (secondary N) is 1. The van der Waals surface area contributed by atoms with Crippen LogP contribution in [0.15, 0.2) is 66.8 Å². The van der Waals surface area contributed by atoms with E-state index in [9.17, 15) is 19.8 Å². The van der Waals surface area contributed by atoms with E-state index in [1.54, 1.807) is 19.1 Å². The van der Waals surface area contributed by atoms with Gasteiger partial charge in [0.25, 0.3) is 0 Å². The van der Waals surface area contributed by atoms with Crippen molar-refractivity contribution in [2.24, 2.45) is 29.1 Å². The molecular weight excluding hydrogens is 454 g/mol. The summed E-state index contributed by atoms with van der Waals surface area (Å²) >= 11 is 0. The lowest BCUT2D eigenvalue weighted by atomic mass is 9.51. The van der Waals surface area contributed by atoms with Crippen molar-refractivity contribution in [3.8, 4) is 0 Å². The summed E-state index contributed by atoms with van der Waals surface area (Å²) < 4.78 is 5.89. The number of hydrogen-bond acceptors (Lipinski definition) is 5. The van der Waals surface area contributed by atoms with Crippen molar-refractivity contribution in [1.82, 2.24) is 5.32 Å². The van der Waals surface area contributed by atoms with Crippen molar-refractivity contribution in [2.75, 3.05) is 0 Å². The minimum atomic E-state index is -1.26. The van der Waals surface area contributed by atoms with E-state index in [4.69, 9.17) is 4.74 Å². The summed E-state index contributed by atoms with van der Waals surface area (Å²) in [7, 11) is 0. The first-order chi connectivity index (χ1) is 17.0. The number of aliphatic hydroxyl groups is 2. The van der Waals surface area contributed by atoms with Crippen LogP contribution in [0.2, 0.25) is 0 Å². The predicted molar refractivity (Wildman–Crippen MR) is 139 cm³/mol. The highest BCUT2D eigenvalue weighted by Crippen LogP contribution is 2.58. The van der Waals surface area contributed by atoms with Gasteiger partial charge in [0.05, 0.1) is 11.7 Å². The molecule has 2 fully saturated rings. The smallest absolute Gasteiger partial charge is 0.303 e. The Bertz CT molecular complexity index is 1060. The first kappa shape index (κ1) is 26.4. The Balaban J connectivity index is 1.92. The quantitative estimate of drug-likeness (QED) is 0.440. The third-order valence-corrected chi connectivity index (χ3v) is 8.43. The van der Waals surface area contributed by atoms with Crippen molar-refractivity contribution in [1.29, 1.82) is 0 Å². The molecule has 1 saturated carbocycles. The fourth-order valence-electron chi connectivity index (χ4n) is 6.90. The normalized spacial score (nSPS) is 41.4. The standard InChI is InChI=1S/C30H39NO5/c1-18-10-9-13-23-27(33)20(3)19(2)26-24(16-22-11-7-6-8-12-22)31-28(34)30(23,26)25(36-21(4)32)14-15-29(5,35)17-18/h6-9,11-15,18-19,23-27,33,35H,3,10,16-17H2,1-2,4-5H3,(H,31,34)/b13-9+,15-14?/t18-,19?,23?,24-,25+,26?,27+,29-,30+/m0/s1. The first-order valence-electron chi connectivity index (χ1n) is 12.9. The van der Waals surface area contributed by atoms with Crippen LogP contribution in [0.3, 0.4) is 0 Å². The van der Waals surface area contributed by atoms with Crippen LogP contribution in [-0.2, 0) is 20.7 Å². The molecular formula is C30H39NO5. The van der Waals surface area contributed by atoms with E-state index < -0.39 is 35.1 Å². The molecule has 194 valence electrons. The molecule has 1 spiro atoms. The minimum Gasteiger partial charge on any atom is -0.457 e. The van der Waals surface area contributed by atoms with Gasteiger partial charge in [0.1, 0.15) is 11.5 Å². The van der Waals surface area contributed by atoms with Crippen molar-refractivity contribution in [3.05, 3.63) is 72.4 Å². The fourth-order valence-corrected chi connectivity index (χ4v) is 6.90. The summed E-state index contributed by atoms with van der Waals surface area (Å²) in [6.07, 6.45) is 7.09. The van der Waals surface area contributed by atoms with Gasteiger partial charge in [-0.05, 0) is 55.2 Å². The maximum atomic E-state index is 14.2. The van der Waals surface area contributed by atoms with Gasteiger partial charge in [0, 0.05) is 24.8 Å². The Morgan fingerprint density at radius 1 is 1.22 bits per heavy atom. The van der Waals surface area contributed by atoms with Gasteiger partial charge in [-0.25, -0.2) is 0 Å². The minimum absolute atomic E-state index is 0.170. The van der Waals surface area contributed by atoms with Gasteiger partial charge < -0.3 is 20.3 Å².